The normalized spacial score (nSPS) is 21.8. The molecule has 1 saturated carbocycles. The van der Waals surface area contributed by atoms with E-state index in [0.717, 1.165) is 34.0 Å². The van der Waals surface area contributed by atoms with Gasteiger partial charge in [-0.05, 0) is 75.7 Å². The van der Waals surface area contributed by atoms with Crippen LogP contribution in [0.2, 0.25) is 0 Å². The van der Waals surface area contributed by atoms with Gasteiger partial charge in [0.25, 0.3) is 0 Å². The van der Waals surface area contributed by atoms with Gasteiger partial charge in [0.2, 0.25) is 0 Å². The number of nitrogens with one attached hydrogen (secondary N) is 1. The van der Waals surface area contributed by atoms with Crippen molar-refractivity contribution in [2.75, 3.05) is 20.2 Å². The van der Waals surface area contributed by atoms with Crippen LogP contribution in [-0.4, -0.2) is 55.7 Å². The van der Waals surface area contributed by atoms with Gasteiger partial charge in [-0.1, -0.05) is 13.8 Å². The summed E-state index contributed by atoms with van der Waals surface area (Å²) >= 11 is 0. The molecule has 1 aliphatic heterocycles. The lowest BCUT2D eigenvalue weighted by Gasteiger charge is -2.34. The van der Waals surface area contributed by atoms with E-state index in [2.05, 4.69) is 45.9 Å². The van der Waals surface area contributed by atoms with Gasteiger partial charge in [0.1, 0.15) is 6.33 Å². The van der Waals surface area contributed by atoms with Crippen molar-refractivity contribution in [1.29, 1.82) is 0 Å². The molecule has 0 aromatic carbocycles. The molecule has 0 radical (unpaired) electrons. The molecular formula is C27H34N6O. The van der Waals surface area contributed by atoms with E-state index in [1.807, 2.05) is 12.3 Å². The summed E-state index contributed by atoms with van der Waals surface area (Å²) in [7, 11) is 1.68. The first kappa shape index (κ1) is 21.6. The minimum Gasteiger partial charge on any atom is -0.493 e. The second kappa shape index (κ2) is 8.69. The smallest absolute Gasteiger partial charge is 0.197 e. The molecule has 0 bridgehead atoms. The predicted octanol–water partition coefficient (Wildman–Crippen LogP) is 5.53. The molecule has 1 aliphatic carbocycles. The fourth-order valence-corrected chi connectivity index (χ4v) is 6.14. The van der Waals surface area contributed by atoms with E-state index >= 15 is 0 Å². The van der Waals surface area contributed by atoms with E-state index in [4.69, 9.17) is 9.72 Å². The molecule has 0 spiro atoms. The summed E-state index contributed by atoms with van der Waals surface area (Å²) < 4.78 is 7.39. The van der Waals surface area contributed by atoms with Crippen LogP contribution in [0.3, 0.4) is 0 Å². The lowest BCUT2D eigenvalue weighted by molar-refractivity contribution is 0.181. The van der Waals surface area contributed by atoms with Crippen molar-refractivity contribution in [2.24, 2.45) is 0 Å². The number of ether oxygens (including phenoxy) is 1. The third kappa shape index (κ3) is 3.66. The maximum absolute atomic E-state index is 5.61. The van der Waals surface area contributed by atoms with Crippen molar-refractivity contribution in [3.05, 3.63) is 42.0 Å². The Morgan fingerprint density at radius 1 is 1.09 bits per heavy atom. The molecule has 2 aliphatic rings. The second-order valence-corrected chi connectivity index (χ2v) is 10.3. The maximum atomic E-state index is 5.61. The van der Waals surface area contributed by atoms with Crippen LogP contribution in [0.15, 0.2) is 30.7 Å². The van der Waals surface area contributed by atoms with Gasteiger partial charge in [0.05, 0.1) is 23.8 Å². The highest BCUT2D eigenvalue weighted by Gasteiger charge is 2.29. The first-order valence-electron chi connectivity index (χ1n) is 12.8. The Hall–Kier alpha value is -2.93. The highest BCUT2D eigenvalue weighted by molar-refractivity contribution is 5.89. The van der Waals surface area contributed by atoms with Gasteiger partial charge in [0, 0.05) is 35.0 Å². The van der Waals surface area contributed by atoms with E-state index in [9.17, 15) is 0 Å². The summed E-state index contributed by atoms with van der Waals surface area (Å²) in [6.07, 6.45) is 11.4. The molecule has 2 fully saturated rings. The van der Waals surface area contributed by atoms with Gasteiger partial charge >= 0.3 is 0 Å². The Bertz CT molecular complexity index is 1310. The van der Waals surface area contributed by atoms with Gasteiger partial charge in [0.15, 0.2) is 11.4 Å². The third-order valence-corrected chi connectivity index (χ3v) is 7.90. The Balaban J connectivity index is 1.35. The molecule has 5 heterocycles. The number of fused-ring (bicyclic) bond motifs is 2. The average Bonchev–Trinajstić information content (AvgIpc) is 3.62. The predicted molar refractivity (Wildman–Crippen MR) is 135 cm³/mol. The van der Waals surface area contributed by atoms with Gasteiger partial charge in [-0.2, -0.15) is 5.10 Å². The zero-order chi connectivity index (χ0) is 23.2. The third-order valence-electron chi connectivity index (χ3n) is 7.90. The maximum Gasteiger partial charge on any atom is 0.197 e. The van der Waals surface area contributed by atoms with Crippen LogP contribution in [0.1, 0.15) is 75.5 Å². The summed E-state index contributed by atoms with van der Waals surface area (Å²) in [4.78, 5) is 16.0. The minimum atomic E-state index is 0.329. The topological polar surface area (TPSA) is 71.3 Å². The number of aromatic nitrogens is 5. The standard InChI is InChI=1S/C27H34N6O/c1-17(2)24-25(19-14-23(34-3)27-28-16-29-33(27)15-19)31-22-11-10-21(30-26(22)24)18-6-8-20(9-7-18)32-12-4-5-13-32/h10-11,14-18,20,31H,4-9,12-13H2,1-3H3. The van der Waals surface area contributed by atoms with Crippen LogP contribution >= 0.6 is 0 Å². The van der Waals surface area contributed by atoms with Gasteiger partial charge in [-0.15, -0.1) is 0 Å². The number of hydrogen-bond donors (Lipinski definition) is 1. The molecular weight excluding hydrogens is 424 g/mol. The van der Waals surface area contributed by atoms with Crippen molar-refractivity contribution in [2.45, 2.75) is 70.3 Å². The molecule has 7 heteroatoms. The molecule has 4 aromatic rings. The summed E-state index contributed by atoms with van der Waals surface area (Å²) in [5.41, 5.74) is 7.53. The van der Waals surface area contributed by atoms with Gasteiger partial charge in [-0.25, -0.2) is 9.50 Å². The fourth-order valence-electron chi connectivity index (χ4n) is 6.14. The number of rotatable bonds is 5. The van der Waals surface area contributed by atoms with Crippen molar-refractivity contribution in [1.82, 2.24) is 29.5 Å². The lowest BCUT2D eigenvalue weighted by Crippen LogP contribution is -2.35. The Morgan fingerprint density at radius 3 is 2.62 bits per heavy atom. The average molecular weight is 459 g/mol. The van der Waals surface area contributed by atoms with Crippen LogP contribution in [-0.2, 0) is 0 Å². The monoisotopic (exact) mass is 458 g/mol. The van der Waals surface area contributed by atoms with Crippen molar-refractivity contribution < 1.29 is 4.74 Å². The summed E-state index contributed by atoms with van der Waals surface area (Å²) in [6, 6.07) is 7.30. The molecule has 7 nitrogen and oxygen atoms in total. The lowest BCUT2D eigenvalue weighted by atomic mass is 9.83. The summed E-state index contributed by atoms with van der Waals surface area (Å²) in [5, 5.41) is 4.34. The molecule has 178 valence electrons. The number of aromatic amines is 1. The first-order valence-corrected chi connectivity index (χ1v) is 12.8. The van der Waals surface area contributed by atoms with E-state index in [-0.39, 0.29) is 0 Å². The van der Waals surface area contributed by atoms with Gasteiger partial charge in [-0.3, -0.25) is 4.98 Å². The number of likely N-dealkylation sites (tertiary alicyclic amines) is 1. The number of hydrogen-bond acceptors (Lipinski definition) is 5. The Labute approximate surface area is 200 Å². The van der Waals surface area contributed by atoms with Crippen LogP contribution in [0, 0.1) is 0 Å². The minimum absolute atomic E-state index is 0.329. The summed E-state index contributed by atoms with van der Waals surface area (Å²) in [6.45, 7) is 7.09. The van der Waals surface area contributed by atoms with Crippen LogP contribution < -0.4 is 4.74 Å². The zero-order valence-corrected chi connectivity index (χ0v) is 20.4. The number of pyridine rings is 2. The fraction of sp³-hybridized carbons (Fsp3) is 0.519. The van der Waals surface area contributed by atoms with Crippen LogP contribution in [0.25, 0.3) is 27.9 Å². The van der Waals surface area contributed by atoms with Crippen LogP contribution in [0.5, 0.6) is 5.75 Å². The van der Waals surface area contributed by atoms with Crippen molar-refractivity contribution in [3.8, 4) is 17.0 Å². The SMILES string of the molecule is COc1cc(-c2[nH]c3ccc(C4CCC(N5CCCC5)CC4)nc3c2C(C)C)cn2ncnc12. The van der Waals surface area contributed by atoms with E-state index in [1.54, 1.807) is 18.0 Å². The molecule has 1 saturated heterocycles. The number of H-pyrrole nitrogens is 1. The largest absolute Gasteiger partial charge is 0.493 e. The highest BCUT2D eigenvalue weighted by atomic mass is 16.5. The van der Waals surface area contributed by atoms with E-state index in [0.29, 0.717) is 17.6 Å². The molecule has 0 amide bonds. The Morgan fingerprint density at radius 2 is 1.88 bits per heavy atom. The van der Waals surface area contributed by atoms with Gasteiger partial charge < -0.3 is 14.6 Å². The molecule has 6 rings (SSSR count). The molecule has 1 N–H and O–H groups in total. The second-order valence-electron chi connectivity index (χ2n) is 10.3. The highest BCUT2D eigenvalue weighted by Crippen LogP contribution is 2.39. The number of methoxy groups -OCH3 is 1. The quantitative estimate of drug-likeness (QED) is 0.426. The molecule has 34 heavy (non-hydrogen) atoms. The first-order chi connectivity index (χ1) is 16.6. The van der Waals surface area contributed by atoms with E-state index < -0.39 is 0 Å². The summed E-state index contributed by atoms with van der Waals surface area (Å²) in [5.74, 6) is 1.61. The zero-order valence-electron chi connectivity index (χ0n) is 20.4. The molecule has 4 aromatic heterocycles. The van der Waals surface area contributed by atoms with Crippen molar-refractivity contribution >= 4 is 16.7 Å². The van der Waals surface area contributed by atoms with Crippen molar-refractivity contribution in [3.63, 3.8) is 0 Å². The Kier molecular flexibility index (Phi) is 5.52. The van der Waals surface area contributed by atoms with E-state index in [1.165, 1.54) is 62.9 Å². The molecule has 0 unspecified atom stereocenters. The molecule has 0 atom stereocenters. The van der Waals surface area contributed by atoms with Crippen LogP contribution in [0.4, 0.5) is 0 Å². The number of nitrogens with zero attached hydrogens (tertiary/aromatic N) is 5.